The molecule has 1 amide bonds. The summed E-state index contributed by atoms with van der Waals surface area (Å²) in [5.41, 5.74) is 7.85. The molecule has 0 spiro atoms. The lowest BCUT2D eigenvalue weighted by atomic mass is 10.2. The molecule has 0 heterocycles. The van der Waals surface area contributed by atoms with Gasteiger partial charge in [0.1, 0.15) is 12.4 Å². The summed E-state index contributed by atoms with van der Waals surface area (Å²) in [7, 11) is 1.62. The first-order chi connectivity index (χ1) is 10.2. The molecule has 0 bridgehead atoms. The van der Waals surface area contributed by atoms with E-state index in [1.54, 1.807) is 19.2 Å². The first-order valence-corrected chi connectivity index (χ1v) is 6.54. The van der Waals surface area contributed by atoms with Crippen LogP contribution in [0.2, 0.25) is 0 Å². The molecule has 2 rings (SSSR count). The van der Waals surface area contributed by atoms with Gasteiger partial charge in [0.05, 0.1) is 25.1 Å². The first-order valence-electron chi connectivity index (χ1n) is 6.54. The third-order valence-electron chi connectivity index (χ3n) is 2.90. The van der Waals surface area contributed by atoms with Gasteiger partial charge in [0.15, 0.2) is 0 Å². The van der Waals surface area contributed by atoms with Crippen LogP contribution in [0.15, 0.2) is 48.5 Å². The molecule has 0 saturated heterocycles. The molecule has 0 saturated carbocycles. The molecule has 0 radical (unpaired) electrons. The first kappa shape index (κ1) is 14.9. The van der Waals surface area contributed by atoms with Crippen molar-refractivity contribution < 1.29 is 14.3 Å². The van der Waals surface area contributed by atoms with Crippen molar-refractivity contribution in [2.45, 2.75) is 6.61 Å². The van der Waals surface area contributed by atoms with Gasteiger partial charge in [-0.25, -0.2) is 0 Å². The number of methoxy groups -OCH3 is 1. The Bertz CT molecular complexity index is 597. The van der Waals surface area contributed by atoms with E-state index >= 15 is 0 Å². The van der Waals surface area contributed by atoms with Gasteiger partial charge in [-0.2, -0.15) is 0 Å². The van der Waals surface area contributed by atoms with E-state index in [2.05, 4.69) is 5.32 Å². The average molecular weight is 286 g/mol. The van der Waals surface area contributed by atoms with Crippen LogP contribution in [-0.4, -0.2) is 19.6 Å². The average Bonchev–Trinajstić information content (AvgIpc) is 2.50. The van der Waals surface area contributed by atoms with Gasteiger partial charge >= 0.3 is 0 Å². The SMILES string of the molecule is COc1ccc(COCC(=O)Nc2ccccc2N)cc1. The maximum absolute atomic E-state index is 11.7. The number of benzene rings is 2. The van der Waals surface area contributed by atoms with Crippen LogP contribution in [-0.2, 0) is 16.1 Å². The number of nitrogens with two attached hydrogens (primary N) is 1. The summed E-state index contributed by atoms with van der Waals surface area (Å²) >= 11 is 0. The maximum Gasteiger partial charge on any atom is 0.250 e. The third kappa shape index (κ3) is 4.50. The molecule has 5 nitrogen and oxygen atoms in total. The van der Waals surface area contributed by atoms with Crippen LogP contribution in [0, 0.1) is 0 Å². The van der Waals surface area contributed by atoms with Crippen molar-refractivity contribution in [1.29, 1.82) is 0 Å². The molecule has 5 heteroatoms. The molecule has 110 valence electrons. The second-order valence-corrected chi connectivity index (χ2v) is 4.48. The van der Waals surface area contributed by atoms with Gasteiger partial charge in [0, 0.05) is 0 Å². The Morgan fingerprint density at radius 3 is 2.52 bits per heavy atom. The number of carbonyl (C=O) groups excluding carboxylic acids is 1. The van der Waals surface area contributed by atoms with E-state index in [4.69, 9.17) is 15.2 Å². The van der Waals surface area contributed by atoms with Crippen molar-refractivity contribution >= 4 is 17.3 Å². The molecule has 0 aliphatic heterocycles. The zero-order chi connectivity index (χ0) is 15.1. The van der Waals surface area contributed by atoms with E-state index in [0.29, 0.717) is 18.0 Å². The summed E-state index contributed by atoms with van der Waals surface area (Å²) in [6.07, 6.45) is 0. The summed E-state index contributed by atoms with van der Waals surface area (Å²) in [4.78, 5) is 11.7. The highest BCUT2D eigenvalue weighted by Crippen LogP contribution is 2.16. The zero-order valence-corrected chi connectivity index (χ0v) is 11.8. The largest absolute Gasteiger partial charge is 0.497 e. The van der Waals surface area contributed by atoms with Gasteiger partial charge in [-0.1, -0.05) is 24.3 Å². The van der Waals surface area contributed by atoms with Crippen molar-refractivity contribution in [2.75, 3.05) is 24.8 Å². The van der Waals surface area contributed by atoms with E-state index in [1.807, 2.05) is 36.4 Å². The number of anilines is 2. The smallest absolute Gasteiger partial charge is 0.250 e. The lowest BCUT2D eigenvalue weighted by Gasteiger charge is -2.08. The number of nitrogens with one attached hydrogen (secondary N) is 1. The number of hydrogen-bond donors (Lipinski definition) is 2. The molecule has 0 aliphatic carbocycles. The van der Waals surface area contributed by atoms with Crippen molar-refractivity contribution in [3.8, 4) is 5.75 Å². The highest BCUT2D eigenvalue weighted by Gasteiger charge is 2.05. The maximum atomic E-state index is 11.7. The van der Waals surface area contributed by atoms with Crippen LogP contribution in [0.3, 0.4) is 0 Å². The topological polar surface area (TPSA) is 73.6 Å². The number of ether oxygens (including phenoxy) is 2. The van der Waals surface area contributed by atoms with E-state index in [0.717, 1.165) is 11.3 Å². The van der Waals surface area contributed by atoms with E-state index < -0.39 is 0 Å². The van der Waals surface area contributed by atoms with Gasteiger partial charge in [-0.3, -0.25) is 4.79 Å². The quantitative estimate of drug-likeness (QED) is 0.800. The molecule has 21 heavy (non-hydrogen) atoms. The zero-order valence-electron chi connectivity index (χ0n) is 11.8. The number of para-hydroxylation sites is 2. The van der Waals surface area contributed by atoms with Gasteiger partial charge < -0.3 is 20.5 Å². The molecule has 0 aromatic heterocycles. The Morgan fingerprint density at radius 2 is 1.86 bits per heavy atom. The number of hydrogen-bond acceptors (Lipinski definition) is 4. The van der Waals surface area contributed by atoms with Crippen molar-refractivity contribution in [2.24, 2.45) is 0 Å². The summed E-state index contributed by atoms with van der Waals surface area (Å²) < 4.78 is 10.4. The minimum atomic E-state index is -0.235. The number of rotatable bonds is 6. The van der Waals surface area contributed by atoms with E-state index in [-0.39, 0.29) is 12.5 Å². The molecule has 0 atom stereocenters. The van der Waals surface area contributed by atoms with Crippen LogP contribution in [0.25, 0.3) is 0 Å². The van der Waals surface area contributed by atoms with Crippen LogP contribution in [0.5, 0.6) is 5.75 Å². The van der Waals surface area contributed by atoms with Crippen LogP contribution < -0.4 is 15.8 Å². The fraction of sp³-hybridized carbons (Fsp3) is 0.188. The minimum absolute atomic E-state index is 0.0274. The van der Waals surface area contributed by atoms with Crippen LogP contribution in [0.1, 0.15) is 5.56 Å². The minimum Gasteiger partial charge on any atom is -0.497 e. The molecule has 0 aliphatic rings. The lowest BCUT2D eigenvalue weighted by Crippen LogP contribution is -2.18. The standard InChI is InChI=1S/C16H18N2O3/c1-20-13-8-6-12(7-9-13)10-21-11-16(19)18-15-5-3-2-4-14(15)17/h2-9H,10-11,17H2,1H3,(H,18,19). The fourth-order valence-electron chi connectivity index (χ4n) is 1.78. The Labute approximate surface area is 123 Å². The molecule has 2 aromatic rings. The Morgan fingerprint density at radius 1 is 1.14 bits per heavy atom. The van der Waals surface area contributed by atoms with Crippen molar-refractivity contribution in [3.05, 3.63) is 54.1 Å². The van der Waals surface area contributed by atoms with Crippen molar-refractivity contribution in [1.82, 2.24) is 0 Å². The second-order valence-electron chi connectivity index (χ2n) is 4.48. The molecule has 2 aromatic carbocycles. The molecular formula is C16H18N2O3. The molecule has 0 unspecified atom stereocenters. The Kier molecular flexibility index (Phi) is 5.17. The normalized spacial score (nSPS) is 10.1. The predicted molar refractivity (Wildman–Crippen MR) is 82.1 cm³/mol. The number of nitrogen functional groups attached to an aromatic ring is 1. The summed E-state index contributed by atoms with van der Waals surface area (Å²) in [6.45, 7) is 0.335. The molecule has 0 fully saturated rings. The van der Waals surface area contributed by atoms with Gasteiger partial charge in [-0.15, -0.1) is 0 Å². The highest BCUT2D eigenvalue weighted by molar-refractivity contribution is 5.94. The number of amides is 1. The van der Waals surface area contributed by atoms with Gasteiger partial charge in [-0.05, 0) is 29.8 Å². The summed E-state index contributed by atoms with van der Waals surface area (Å²) in [5.74, 6) is 0.553. The number of carbonyl (C=O) groups is 1. The van der Waals surface area contributed by atoms with Crippen LogP contribution >= 0.6 is 0 Å². The van der Waals surface area contributed by atoms with E-state index in [9.17, 15) is 4.79 Å². The van der Waals surface area contributed by atoms with E-state index in [1.165, 1.54) is 0 Å². The summed E-state index contributed by atoms with van der Waals surface area (Å²) in [5, 5.41) is 2.71. The van der Waals surface area contributed by atoms with Gasteiger partial charge in [0.2, 0.25) is 5.91 Å². The van der Waals surface area contributed by atoms with Crippen LogP contribution in [0.4, 0.5) is 11.4 Å². The van der Waals surface area contributed by atoms with Gasteiger partial charge in [0.25, 0.3) is 0 Å². The monoisotopic (exact) mass is 286 g/mol. The predicted octanol–water partition coefficient (Wildman–Crippen LogP) is 2.43. The fourth-order valence-corrected chi connectivity index (χ4v) is 1.78. The lowest BCUT2D eigenvalue weighted by molar-refractivity contribution is -0.121. The molecular weight excluding hydrogens is 268 g/mol. The second kappa shape index (κ2) is 7.31. The summed E-state index contributed by atoms with van der Waals surface area (Å²) in [6, 6.07) is 14.6. The highest BCUT2D eigenvalue weighted by atomic mass is 16.5. The third-order valence-corrected chi connectivity index (χ3v) is 2.90. The molecule has 3 N–H and O–H groups in total. The van der Waals surface area contributed by atoms with Crippen molar-refractivity contribution in [3.63, 3.8) is 0 Å². The Hall–Kier alpha value is -2.53. The Balaban J connectivity index is 1.77.